The molecule has 5 rings (SSSR count). The van der Waals surface area contributed by atoms with Crippen molar-refractivity contribution < 1.29 is 39.7 Å². The molecule has 0 saturated heterocycles. The maximum Gasteiger partial charge on any atom is 0.417 e. The quantitative estimate of drug-likeness (QED) is 0.136. The van der Waals surface area contributed by atoms with E-state index in [2.05, 4.69) is 10.3 Å². The molecule has 0 bridgehead atoms. The van der Waals surface area contributed by atoms with Crippen molar-refractivity contribution in [1.29, 1.82) is 0 Å². The molecule has 14 heteroatoms. The number of amides is 1. The molecule has 0 aliphatic rings. The number of pyridine rings is 1. The van der Waals surface area contributed by atoms with Gasteiger partial charge in [-0.3, -0.25) is 9.00 Å². The van der Waals surface area contributed by atoms with Crippen molar-refractivity contribution in [3.05, 3.63) is 89.0 Å². The number of aromatic nitrogens is 3. The van der Waals surface area contributed by atoms with Crippen LogP contribution in [0.3, 0.4) is 0 Å². The van der Waals surface area contributed by atoms with Crippen molar-refractivity contribution in [2.75, 3.05) is 12.8 Å². The average Bonchev–Trinajstić information content (AvgIpc) is 3.53. The lowest BCUT2D eigenvalue weighted by Crippen LogP contribution is -2.26. The molecule has 0 fully saturated rings. The van der Waals surface area contributed by atoms with Gasteiger partial charge in [0.15, 0.2) is 23.3 Å². The highest BCUT2D eigenvalue weighted by Gasteiger charge is 2.35. The van der Waals surface area contributed by atoms with Gasteiger partial charge in [-0.25, -0.2) is 22.5 Å². The Hall–Kier alpha value is -4.20. The molecular formula is C28H21F7N4O2S. The molecule has 2 aromatic carbocycles. The number of fused-ring (bicyclic) bond motifs is 2. The standard InChI is InChI=1S/C28H21F7N4O2S/c1-38-13-37-18-11-16(17(12-21(18)38)28(33,34)35)14-6-4-10-39-19(14)7-8-20(39)27(40)36-9-3-5-15-22(29)24(31)26(42(2)41)25(32)23(15)30/h4,6-8,10-13H,3,5,9H2,1-2H3,(H,36,40). The van der Waals surface area contributed by atoms with E-state index in [-0.39, 0.29) is 29.8 Å². The maximum atomic E-state index is 14.3. The Morgan fingerprint density at radius 2 is 1.67 bits per heavy atom. The lowest BCUT2D eigenvalue weighted by molar-refractivity contribution is -0.137. The van der Waals surface area contributed by atoms with Crippen LogP contribution in [0, 0.1) is 23.3 Å². The van der Waals surface area contributed by atoms with Crippen LogP contribution in [0.15, 0.2) is 53.8 Å². The third-order valence-corrected chi connectivity index (χ3v) is 7.81. The molecular weight excluding hydrogens is 589 g/mol. The normalized spacial score (nSPS) is 12.8. The zero-order valence-electron chi connectivity index (χ0n) is 22.0. The summed E-state index contributed by atoms with van der Waals surface area (Å²) in [4.78, 5) is 15.9. The Balaban J connectivity index is 1.39. The van der Waals surface area contributed by atoms with Crippen LogP contribution >= 0.6 is 0 Å². The highest BCUT2D eigenvalue weighted by Crippen LogP contribution is 2.41. The molecule has 6 nitrogen and oxygen atoms in total. The number of alkyl halides is 3. The Morgan fingerprint density at radius 1 is 0.976 bits per heavy atom. The van der Waals surface area contributed by atoms with Crippen molar-refractivity contribution in [2.24, 2.45) is 7.05 Å². The van der Waals surface area contributed by atoms with Gasteiger partial charge < -0.3 is 14.3 Å². The zero-order valence-corrected chi connectivity index (χ0v) is 22.8. The second-order valence-corrected chi connectivity index (χ2v) is 10.8. The minimum atomic E-state index is -4.67. The van der Waals surface area contributed by atoms with E-state index < -0.39 is 68.6 Å². The summed E-state index contributed by atoms with van der Waals surface area (Å²) in [5.41, 5.74) is -0.613. The first-order valence-electron chi connectivity index (χ1n) is 12.4. The van der Waals surface area contributed by atoms with E-state index in [0.29, 0.717) is 16.6 Å². The highest BCUT2D eigenvalue weighted by atomic mass is 32.2. The number of hydrogen-bond acceptors (Lipinski definition) is 3. The van der Waals surface area contributed by atoms with Crippen LogP contribution in [0.25, 0.3) is 27.7 Å². The molecule has 1 amide bonds. The van der Waals surface area contributed by atoms with Gasteiger partial charge in [-0.1, -0.05) is 6.07 Å². The number of halogens is 7. The summed E-state index contributed by atoms with van der Waals surface area (Å²) in [7, 11) is -0.712. The third-order valence-electron chi connectivity index (χ3n) is 6.88. The third kappa shape index (κ3) is 5.03. The monoisotopic (exact) mass is 610 g/mol. The van der Waals surface area contributed by atoms with E-state index in [9.17, 15) is 39.7 Å². The molecule has 0 aliphatic heterocycles. The molecule has 0 radical (unpaired) electrons. The molecule has 0 aliphatic carbocycles. The predicted molar refractivity (Wildman–Crippen MR) is 141 cm³/mol. The number of nitrogens with one attached hydrogen (secondary N) is 1. The van der Waals surface area contributed by atoms with Crippen LogP contribution in [-0.4, -0.2) is 36.9 Å². The molecule has 220 valence electrons. The number of carbonyl (C=O) groups excluding carboxylic acids is 1. The van der Waals surface area contributed by atoms with Gasteiger partial charge in [-0.15, -0.1) is 0 Å². The van der Waals surface area contributed by atoms with Gasteiger partial charge in [-0.05, 0) is 48.7 Å². The van der Waals surface area contributed by atoms with Gasteiger partial charge in [0, 0.05) is 37.2 Å². The average molecular weight is 611 g/mol. The molecule has 0 spiro atoms. The van der Waals surface area contributed by atoms with Crippen LogP contribution < -0.4 is 5.32 Å². The van der Waals surface area contributed by atoms with Gasteiger partial charge in [0.25, 0.3) is 5.91 Å². The smallest absolute Gasteiger partial charge is 0.351 e. The van der Waals surface area contributed by atoms with Crippen LogP contribution in [0.1, 0.15) is 28.0 Å². The largest absolute Gasteiger partial charge is 0.417 e. The fourth-order valence-corrected chi connectivity index (χ4v) is 5.55. The summed E-state index contributed by atoms with van der Waals surface area (Å²) in [6.45, 7) is -0.149. The topological polar surface area (TPSA) is 68.4 Å². The second-order valence-electron chi connectivity index (χ2n) is 9.51. The Labute approximate surface area is 236 Å². The van der Waals surface area contributed by atoms with Crippen molar-refractivity contribution in [2.45, 2.75) is 23.9 Å². The maximum absolute atomic E-state index is 14.3. The van der Waals surface area contributed by atoms with Gasteiger partial charge in [0.2, 0.25) is 0 Å². The fraction of sp³-hybridized carbons (Fsp3) is 0.214. The number of benzene rings is 2. The molecule has 0 saturated carbocycles. The zero-order chi connectivity index (χ0) is 30.5. The molecule has 1 atom stereocenters. The Morgan fingerprint density at radius 3 is 2.31 bits per heavy atom. The summed E-state index contributed by atoms with van der Waals surface area (Å²) >= 11 is 0. The SMILES string of the molecule is Cn1cnc2cc(-c3cccn4c(C(=O)NCCCc5c(F)c(F)c(S(C)=O)c(F)c5F)ccc34)c(C(F)(F)F)cc21. The van der Waals surface area contributed by atoms with Gasteiger partial charge >= 0.3 is 6.18 Å². The van der Waals surface area contributed by atoms with Gasteiger partial charge in [0.05, 0.1) is 39.2 Å². The molecule has 42 heavy (non-hydrogen) atoms. The molecule has 3 aromatic heterocycles. The first-order chi connectivity index (χ1) is 19.8. The summed E-state index contributed by atoms with van der Waals surface area (Å²) in [5.74, 6) is -7.42. The van der Waals surface area contributed by atoms with Crippen LogP contribution in [0.5, 0.6) is 0 Å². The van der Waals surface area contributed by atoms with E-state index in [1.165, 1.54) is 51.8 Å². The van der Waals surface area contributed by atoms with Gasteiger partial charge in [-0.2, -0.15) is 13.2 Å². The number of nitrogens with zero attached hydrogens (tertiary/aromatic N) is 3. The van der Waals surface area contributed by atoms with Gasteiger partial charge in [0.1, 0.15) is 10.6 Å². The summed E-state index contributed by atoms with van der Waals surface area (Å²) in [5, 5.41) is 2.53. The molecule has 1 unspecified atom stereocenters. The van der Waals surface area contributed by atoms with E-state index in [1.807, 2.05) is 0 Å². The summed E-state index contributed by atoms with van der Waals surface area (Å²) in [6.07, 6.45) is -1.47. The van der Waals surface area contributed by atoms with Crippen LogP contribution in [-0.2, 0) is 30.4 Å². The first kappa shape index (κ1) is 29.3. The number of carbonyl (C=O) groups is 1. The lowest BCUT2D eigenvalue weighted by Gasteiger charge is -2.15. The first-order valence-corrected chi connectivity index (χ1v) is 14.0. The Bertz CT molecular complexity index is 1870. The molecule has 5 aromatic rings. The van der Waals surface area contributed by atoms with Crippen LogP contribution in [0.4, 0.5) is 30.7 Å². The minimum absolute atomic E-state index is 0.0727. The van der Waals surface area contributed by atoms with E-state index >= 15 is 0 Å². The molecule has 3 heterocycles. The van der Waals surface area contributed by atoms with Crippen LogP contribution in [0.2, 0.25) is 0 Å². The molecule has 1 N–H and O–H groups in total. The van der Waals surface area contributed by atoms with Crippen molar-refractivity contribution in [1.82, 2.24) is 19.3 Å². The number of aryl methyl sites for hydroxylation is 1. The number of hydrogen-bond donors (Lipinski definition) is 1. The second kappa shape index (κ2) is 10.9. The highest BCUT2D eigenvalue weighted by molar-refractivity contribution is 7.84. The fourth-order valence-electron chi connectivity index (χ4n) is 4.87. The van der Waals surface area contributed by atoms with E-state index in [0.717, 1.165) is 12.3 Å². The number of imidazole rings is 1. The van der Waals surface area contributed by atoms with E-state index in [4.69, 9.17) is 0 Å². The number of rotatable bonds is 7. The summed E-state index contributed by atoms with van der Waals surface area (Å²) in [6, 6.07) is 8.25. The van der Waals surface area contributed by atoms with Crippen molar-refractivity contribution in [3.63, 3.8) is 0 Å². The van der Waals surface area contributed by atoms with Crippen molar-refractivity contribution >= 4 is 33.3 Å². The van der Waals surface area contributed by atoms with Crippen molar-refractivity contribution in [3.8, 4) is 11.1 Å². The summed E-state index contributed by atoms with van der Waals surface area (Å²) < 4.78 is 113. The predicted octanol–water partition coefficient (Wildman–Crippen LogP) is 6.17. The minimum Gasteiger partial charge on any atom is -0.351 e. The Kier molecular flexibility index (Phi) is 7.60. The lowest BCUT2D eigenvalue weighted by atomic mass is 9.98. The van der Waals surface area contributed by atoms with E-state index in [1.54, 1.807) is 7.05 Å².